The van der Waals surface area contributed by atoms with E-state index in [0.717, 1.165) is 0 Å². The van der Waals surface area contributed by atoms with Crippen LogP contribution >= 0.6 is 0 Å². The number of nitrogens with zero attached hydrogens (tertiary/aromatic N) is 3. The SMILES string of the molecule is Cc1nc(N(C)C)no1. The Labute approximate surface area is 53.5 Å². The molecule has 4 heteroatoms. The van der Waals surface area contributed by atoms with Gasteiger partial charge in [-0.2, -0.15) is 4.98 Å². The largest absolute Gasteiger partial charge is 0.344 e. The lowest BCUT2D eigenvalue weighted by atomic mass is 10.8. The molecule has 1 aromatic heterocycles. The number of anilines is 1. The van der Waals surface area contributed by atoms with Gasteiger partial charge in [-0.3, -0.25) is 0 Å². The lowest BCUT2D eigenvalue weighted by molar-refractivity contribution is 0.393. The fourth-order valence-electron chi connectivity index (χ4n) is 0.470. The minimum absolute atomic E-state index is 0.596. The Morgan fingerprint density at radius 2 is 2.11 bits per heavy atom. The first kappa shape index (κ1) is 6.07. The van der Waals surface area contributed by atoms with Crippen LogP contribution in [0.1, 0.15) is 5.89 Å². The second-order valence-electron chi connectivity index (χ2n) is 2.01. The molecule has 0 spiro atoms. The molecule has 50 valence electrons. The lowest BCUT2D eigenvalue weighted by Crippen LogP contribution is -2.09. The Morgan fingerprint density at radius 1 is 1.44 bits per heavy atom. The third kappa shape index (κ3) is 1.19. The van der Waals surface area contributed by atoms with Crippen molar-refractivity contribution in [3.8, 4) is 0 Å². The van der Waals surface area contributed by atoms with Gasteiger partial charge in [0.15, 0.2) is 0 Å². The van der Waals surface area contributed by atoms with Gasteiger partial charge >= 0.3 is 0 Å². The normalized spacial score (nSPS) is 9.67. The maximum Gasteiger partial charge on any atom is 0.265 e. The van der Waals surface area contributed by atoms with Crippen LogP contribution in [0, 0.1) is 6.92 Å². The molecular weight excluding hydrogens is 118 g/mol. The average Bonchev–Trinajstić information content (AvgIpc) is 2.14. The van der Waals surface area contributed by atoms with Crippen LogP contribution in [-0.2, 0) is 0 Å². The van der Waals surface area contributed by atoms with Crippen molar-refractivity contribution in [2.75, 3.05) is 19.0 Å². The predicted molar refractivity (Wildman–Crippen MR) is 33.4 cm³/mol. The number of hydrogen-bond acceptors (Lipinski definition) is 4. The van der Waals surface area contributed by atoms with Crippen LogP contribution in [0.3, 0.4) is 0 Å². The highest BCUT2D eigenvalue weighted by atomic mass is 16.5. The zero-order chi connectivity index (χ0) is 6.85. The van der Waals surface area contributed by atoms with E-state index in [-0.39, 0.29) is 0 Å². The first-order chi connectivity index (χ1) is 4.20. The molecule has 0 amide bonds. The quantitative estimate of drug-likeness (QED) is 0.549. The summed E-state index contributed by atoms with van der Waals surface area (Å²) in [6.07, 6.45) is 0. The summed E-state index contributed by atoms with van der Waals surface area (Å²) in [4.78, 5) is 5.75. The molecule has 0 aliphatic rings. The Hall–Kier alpha value is -1.06. The van der Waals surface area contributed by atoms with Crippen molar-refractivity contribution in [2.24, 2.45) is 0 Å². The van der Waals surface area contributed by atoms with Crippen LogP contribution in [0.25, 0.3) is 0 Å². The van der Waals surface area contributed by atoms with E-state index >= 15 is 0 Å². The van der Waals surface area contributed by atoms with Crippen LogP contribution in [-0.4, -0.2) is 24.2 Å². The molecular formula is C5H9N3O. The second kappa shape index (κ2) is 2.05. The molecule has 0 radical (unpaired) electrons. The summed E-state index contributed by atoms with van der Waals surface area (Å²) >= 11 is 0. The highest BCUT2D eigenvalue weighted by Crippen LogP contribution is 2.02. The van der Waals surface area contributed by atoms with Crippen molar-refractivity contribution >= 4 is 5.95 Å². The monoisotopic (exact) mass is 127 g/mol. The van der Waals surface area contributed by atoms with Gasteiger partial charge < -0.3 is 9.42 Å². The molecule has 0 saturated carbocycles. The maximum atomic E-state index is 4.72. The van der Waals surface area contributed by atoms with Crippen LogP contribution in [0.2, 0.25) is 0 Å². The Morgan fingerprint density at radius 3 is 2.33 bits per heavy atom. The third-order valence-corrected chi connectivity index (χ3v) is 0.917. The van der Waals surface area contributed by atoms with Crippen molar-refractivity contribution in [1.82, 2.24) is 10.1 Å². The summed E-state index contributed by atoms with van der Waals surface area (Å²) < 4.78 is 4.72. The van der Waals surface area contributed by atoms with Crippen molar-refractivity contribution in [2.45, 2.75) is 6.92 Å². The maximum absolute atomic E-state index is 4.72. The van der Waals surface area contributed by atoms with Crippen LogP contribution in [0.5, 0.6) is 0 Å². The molecule has 4 nitrogen and oxygen atoms in total. The standard InChI is InChI=1S/C5H9N3O/c1-4-6-5(7-9-4)8(2)3/h1-3H3. The summed E-state index contributed by atoms with van der Waals surface area (Å²) in [5.74, 6) is 1.21. The van der Waals surface area contributed by atoms with E-state index in [4.69, 9.17) is 4.52 Å². The molecule has 1 rings (SSSR count). The summed E-state index contributed by atoms with van der Waals surface area (Å²) in [5.41, 5.74) is 0. The molecule has 0 atom stereocenters. The summed E-state index contributed by atoms with van der Waals surface area (Å²) in [7, 11) is 3.73. The fourth-order valence-corrected chi connectivity index (χ4v) is 0.470. The topological polar surface area (TPSA) is 42.2 Å². The highest BCUT2D eigenvalue weighted by molar-refractivity contribution is 5.23. The van der Waals surface area contributed by atoms with Gasteiger partial charge in [0.1, 0.15) is 0 Å². The van der Waals surface area contributed by atoms with Gasteiger partial charge in [0.2, 0.25) is 5.89 Å². The average molecular weight is 127 g/mol. The first-order valence-corrected chi connectivity index (χ1v) is 2.68. The fraction of sp³-hybridized carbons (Fsp3) is 0.600. The Bertz CT molecular complexity index is 194. The molecule has 0 bridgehead atoms. The smallest absolute Gasteiger partial charge is 0.265 e. The minimum atomic E-state index is 0.596. The highest BCUT2D eigenvalue weighted by Gasteiger charge is 2.01. The van der Waals surface area contributed by atoms with Crippen molar-refractivity contribution in [3.05, 3.63) is 5.89 Å². The number of aromatic nitrogens is 2. The van der Waals surface area contributed by atoms with Crippen LogP contribution in [0.15, 0.2) is 4.52 Å². The summed E-state index contributed by atoms with van der Waals surface area (Å²) in [6, 6.07) is 0. The van der Waals surface area contributed by atoms with Gasteiger partial charge in [-0.1, -0.05) is 0 Å². The van der Waals surface area contributed by atoms with Gasteiger partial charge in [0, 0.05) is 21.0 Å². The van der Waals surface area contributed by atoms with E-state index in [1.54, 1.807) is 11.8 Å². The Balaban J connectivity index is 2.85. The van der Waals surface area contributed by atoms with E-state index in [1.807, 2.05) is 14.1 Å². The lowest BCUT2D eigenvalue weighted by Gasteiger charge is -2.01. The van der Waals surface area contributed by atoms with Gasteiger partial charge in [-0.15, -0.1) is 0 Å². The molecule has 0 aliphatic carbocycles. The molecule has 0 unspecified atom stereocenters. The van der Waals surface area contributed by atoms with E-state index in [9.17, 15) is 0 Å². The summed E-state index contributed by atoms with van der Waals surface area (Å²) in [6.45, 7) is 1.76. The second-order valence-corrected chi connectivity index (χ2v) is 2.01. The third-order valence-electron chi connectivity index (χ3n) is 0.917. The van der Waals surface area contributed by atoms with Gasteiger partial charge in [-0.25, -0.2) is 0 Å². The van der Waals surface area contributed by atoms with Crippen molar-refractivity contribution in [1.29, 1.82) is 0 Å². The number of aryl methyl sites for hydroxylation is 1. The molecule has 0 aliphatic heterocycles. The number of hydrogen-bond donors (Lipinski definition) is 0. The molecule has 0 N–H and O–H groups in total. The van der Waals surface area contributed by atoms with E-state index in [2.05, 4.69) is 10.1 Å². The minimum Gasteiger partial charge on any atom is -0.344 e. The van der Waals surface area contributed by atoms with Crippen molar-refractivity contribution < 1.29 is 4.52 Å². The van der Waals surface area contributed by atoms with Crippen LogP contribution in [0.4, 0.5) is 5.95 Å². The van der Waals surface area contributed by atoms with Gasteiger partial charge in [-0.05, 0) is 5.16 Å². The molecule has 0 fully saturated rings. The molecule has 9 heavy (non-hydrogen) atoms. The molecule has 0 aromatic carbocycles. The molecule has 0 saturated heterocycles. The summed E-state index contributed by atoms with van der Waals surface area (Å²) in [5, 5.41) is 3.66. The molecule has 1 aromatic rings. The zero-order valence-corrected chi connectivity index (χ0v) is 5.75. The van der Waals surface area contributed by atoms with E-state index in [0.29, 0.717) is 11.8 Å². The molecule has 1 heterocycles. The van der Waals surface area contributed by atoms with Crippen molar-refractivity contribution in [3.63, 3.8) is 0 Å². The van der Waals surface area contributed by atoms with Gasteiger partial charge in [0.05, 0.1) is 0 Å². The van der Waals surface area contributed by atoms with Gasteiger partial charge in [0.25, 0.3) is 5.95 Å². The Kier molecular flexibility index (Phi) is 1.38. The van der Waals surface area contributed by atoms with Crippen LogP contribution < -0.4 is 4.90 Å². The zero-order valence-electron chi connectivity index (χ0n) is 5.75. The predicted octanol–water partition coefficient (Wildman–Crippen LogP) is 0.444. The first-order valence-electron chi connectivity index (χ1n) is 2.68. The van der Waals surface area contributed by atoms with E-state index < -0.39 is 0 Å². The van der Waals surface area contributed by atoms with E-state index in [1.165, 1.54) is 0 Å². The number of rotatable bonds is 1.